The van der Waals surface area contributed by atoms with Crippen LogP contribution < -0.4 is 16.0 Å². The van der Waals surface area contributed by atoms with Crippen molar-refractivity contribution in [2.45, 2.75) is 46.2 Å². The lowest BCUT2D eigenvalue weighted by molar-refractivity contribution is -0.123. The summed E-state index contributed by atoms with van der Waals surface area (Å²) in [5.74, 6) is -0.305. The van der Waals surface area contributed by atoms with Gasteiger partial charge < -0.3 is 16.0 Å². The third-order valence-corrected chi connectivity index (χ3v) is 6.01. The number of hydrogen-bond acceptors (Lipinski definition) is 4. The van der Waals surface area contributed by atoms with Gasteiger partial charge in [-0.3, -0.25) is 14.5 Å². The first kappa shape index (κ1) is 22.8. The monoisotopic (exact) mass is 422 g/mol. The first-order valence-electron chi connectivity index (χ1n) is 11.2. The van der Waals surface area contributed by atoms with Crippen LogP contribution in [0.15, 0.2) is 48.5 Å². The fourth-order valence-electron chi connectivity index (χ4n) is 4.23. The minimum Gasteiger partial charge on any atom is -0.369 e. The van der Waals surface area contributed by atoms with E-state index in [9.17, 15) is 9.59 Å². The van der Waals surface area contributed by atoms with Crippen LogP contribution >= 0.6 is 0 Å². The number of amides is 2. The van der Waals surface area contributed by atoms with E-state index >= 15 is 0 Å². The van der Waals surface area contributed by atoms with Gasteiger partial charge in [-0.25, -0.2) is 0 Å². The lowest BCUT2D eigenvalue weighted by atomic mass is 9.96. The Morgan fingerprint density at radius 1 is 1.13 bits per heavy atom. The van der Waals surface area contributed by atoms with Crippen LogP contribution in [-0.2, 0) is 11.3 Å². The van der Waals surface area contributed by atoms with E-state index in [0.29, 0.717) is 11.6 Å². The summed E-state index contributed by atoms with van der Waals surface area (Å²) in [6.45, 7) is 9.91. The van der Waals surface area contributed by atoms with Crippen LogP contribution in [0, 0.1) is 5.92 Å². The maximum absolute atomic E-state index is 12.7. The summed E-state index contributed by atoms with van der Waals surface area (Å²) in [5.41, 5.74) is 9.11. The number of hydrogen-bond donors (Lipinski definition) is 2. The predicted molar refractivity (Wildman–Crippen MR) is 126 cm³/mol. The molecule has 1 fully saturated rings. The second-order valence-electron chi connectivity index (χ2n) is 8.53. The van der Waals surface area contributed by atoms with Crippen molar-refractivity contribution in [2.24, 2.45) is 11.7 Å². The second-order valence-corrected chi connectivity index (χ2v) is 8.53. The summed E-state index contributed by atoms with van der Waals surface area (Å²) in [7, 11) is 0. The maximum atomic E-state index is 12.7. The number of piperidine rings is 1. The van der Waals surface area contributed by atoms with Gasteiger partial charge in [0.25, 0.3) is 5.91 Å². The summed E-state index contributed by atoms with van der Waals surface area (Å²) < 4.78 is 0. The molecule has 0 aromatic heterocycles. The molecule has 3 rings (SSSR count). The molecule has 0 aliphatic carbocycles. The van der Waals surface area contributed by atoms with Crippen molar-refractivity contribution in [1.29, 1.82) is 0 Å². The number of nitrogens with one attached hydrogen (secondary N) is 1. The zero-order valence-electron chi connectivity index (χ0n) is 18.8. The SMILES string of the molecule is CCN(c1ccc(C(=O)Nc2cccc(CN3CCC(C(N)=O)CC3)c2)cc1)C(C)C. The average molecular weight is 423 g/mol. The number of primary amides is 1. The smallest absolute Gasteiger partial charge is 0.255 e. The number of carbonyl (C=O) groups is 2. The lowest BCUT2D eigenvalue weighted by Gasteiger charge is -2.30. The Morgan fingerprint density at radius 3 is 2.39 bits per heavy atom. The van der Waals surface area contributed by atoms with E-state index in [-0.39, 0.29) is 17.7 Å². The van der Waals surface area contributed by atoms with Gasteiger partial charge in [0.1, 0.15) is 0 Å². The van der Waals surface area contributed by atoms with E-state index in [1.807, 2.05) is 42.5 Å². The van der Waals surface area contributed by atoms with Gasteiger partial charge in [0, 0.05) is 42.0 Å². The number of rotatable bonds is 8. The van der Waals surface area contributed by atoms with Gasteiger partial charge in [0.05, 0.1) is 0 Å². The molecule has 3 N–H and O–H groups in total. The van der Waals surface area contributed by atoms with Gasteiger partial charge in [0.2, 0.25) is 5.91 Å². The molecule has 0 saturated carbocycles. The normalized spacial score (nSPS) is 15.1. The first-order chi connectivity index (χ1) is 14.9. The van der Waals surface area contributed by atoms with E-state index in [0.717, 1.165) is 56.0 Å². The van der Waals surface area contributed by atoms with E-state index in [1.54, 1.807) is 0 Å². The number of likely N-dealkylation sites (tertiary alicyclic amines) is 1. The van der Waals surface area contributed by atoms with Gasteiger partial charge in [-0.05, 0) is 88.7 Å². The first-order valence-corrected chi connectivity index (χ1v) is 11.2. The standard InChI is InChI=1S/C25H34N4O2/c1-4-29(18(2)3)23-10-8-21(9-11-23)25(31)27-22-7-5-6-19(16-22)17-28-14-12-20(13-15-28)24(26)30/h5-11,16,18,20H,4,12-15,17H2,1-3H3,(H2,26,30)(H,27,31). The topological polar surface area (TPSA) is 78.7 Å². The minimum absolute atomic E-state index is 0.00166. The number of benzene rings is 2. The summed E-state index contributed by atoms with van der Waals surface area (Å²) in [6.07, 6.45) is 1.63. The van der Waals surface area contributed by atoms with Crippen LogP contribution in [0.4, 0.5) is 11.4 Å². The average Bonchev–Trinajstić information content (AvgIpc) is 2.75. The largest absolute Gasteiger partial charge is 0.369 e. The van der Waals surface area contributed by atoms with Crippen molar-refractivity contribution in [2.75, 3.05) is 29.9 Å². The molecular formula is C25H34N4O2. The highest BCUT2D eigenvalue weighted by atomic mass is 16.2. The molecule has 0 unspecified atom stereocenters. The van der Waals surface area contributed by atoms with Crippen LogP contribution in [-0.4, -0.2) is 42.4 Å². The Bertz CT molecular complexity index is 887. The molecule has 2 aromatic rings. The van der Waals surface area contributed by atoms with Gasteiger partial charge >= 0.3 is 0 Å². The molecule has 0 radical (unpaired) electrons. The summed E-state index contributed by atoms with van der Waals surface area (Å²) in [6, 6.07) is 16.1. The Labute approximate surface area is 185 Å². The van der Waals surface area contributed by atoms with Crippen LogP contribution in [0.3, 0.4) is 0 Å². The van der Waals surface area contributed by atoms with E-state index < -0.39 is 0 Å². The molecule has 6 heteroatoms. The van der Waals surface area contributed by atoms with Crippen LogP contribution in [0.2, 0.25) is 0 Å². The Kier molecular flexibility index (Phi) is 7.69. The lowest BCUT2D eigenvalue weighted by Crippen LogP contribution is -2.38. The Morgan fingerprint density at radius 2 is 1.81 bits per heavy atom. The predicted octanol–water partition coefficient (Wildman–Crippen LogP) is 3.87. The van der Waals surface area contributed by atoms with Gasteiger partial charge in [0.15, 0.2) is 0 Å². The molecule has 1 aliphatic rings. The maximum Gasteiger partial charge on any atom is 0.255 e. The molecule has 0 spiro atoms. The van der Waals surface area contributed by atoms with Crippen molar-refractivity contribution in [3.8, 4) is 0 Å². The quantitative estimate of drug-likeness (QED) is 0.677. The van der Waals surface area contributed by atoms with Crippen molar-refractivity contribution in [3.63, 3.8) is 0 Å². The fourth-order valence-corrected chi connectivity index (χ4v) is 4.23. The molecule has 0 bridgehead atoms. The number of carbonyl (C=O) groups excluding carboxylic acids is 2. The van der Waals surface area contributed by atoms with Crippen LogP contribution in [0.5, 0.6) is 0 Å². The van der Waals surface area contributed by atoms with Crippen molar-refractivity contribution in [1.82, 2.24) is 4.90 Å². The minimum atomic E-state index is -0.191. The molecule has 31 heavy (non-hydrogen) atoms. The Balaban J connectivity index is 1.59. The summed E-state index contributed by atoms with van der Waals surface area (Å²) in [4.78, 5) is 28.7. The highest BCUT2D eigenvalue weighted by Crippen LogP contribution is 2.21. The second kappa shape index (κ2) is 10.4. The molecule has 1 heterocycles. The molecule has 166 valence electrons. The molecule has 1 aliphatic heterocycles. The summed E-state index contributed by atoms with van der Waals surface area (Å²) in [5, 5.41) is 3.01. The molecule has 0 atom stereocenters. The molecule has 2 aromatic carbocycles. The fraction of sp³-hybridized carbons (Fsp3) is 0.440. The number of nitrogens with two attached hydrogens (primary N) is 1. The highest BCUT2D eigenvalue weighted by Gasteiger charge is 2.23. The van der Waals surface area contributed by atoms with E-state index in [4.69, 9.17) is 5.73 Å². The number of nitrogens with zero attached hydrogens (tertiary/aromatic N) is 2. The molecule has 1 saturated heterocycles. The third-order valence-electron chi connectivity index (χ3n) is 6.01. The van der Waals surface area contributed by atoms with Gasteiger partial charge in [-0.15, -0.1) is 0 Å². The molecular weight excluding hydrogens is 388 g/mol. The van der Waals surface area contributed by atoms with Crippen molar-refractivity contribution in [3.05, 3.63) is 59.7 Å². The van der Waals surface area contributed by atoms with Crippen molar-refractivity contribution >= 4 is 23.2 Å². The molecule has 6 nitrogen and oxygen atoms in total. The van der Waals surface area contributed by atoms with Crippen LogP contribution in [0.25, 0.3) is 0 Å². The highest BCUT2D eigenvalue weighted by molar-refractivity contribution is 6.04. The third kappa shape index (κ3) is 6.07. The number of anilines is 2. The van der Waals surface area contributed by atoms with E-state index in [2.05, 4.69) is 42.0 Å². The van der Waals surface area contributed by atoms with Gasteiger partial charge in [-0.1, -0.05) is 12.1 Å². The van der Waals surface area contributed by atoms with Crippen LogP contribution in [0.1, 0.15) is 49.5 Å². The summed E-state index contributed by atoms with van der Waals surface area (Å²) >= 11 is 0. The zero-order valence-corrected chi connectivity index (χ0v) is 18.8. The van der Waals surface area contributed by atoms with E-state index in [1.165, 1.54) is 0 Å². The zero-order chi connectivity index (χ0) is 22.4. The van der Waals surface area contributed by atoms with Gasteiger partial charge in [-0.2, -0.15) is 0 Å². The van der Waals surface area contributed by atoms with Crippen molar-refractivity contribution < 1.29 is 9.59 Å². The Hall–Kier alpha value is -2.86. The molecule has 2 amide bonds.